The lowest BCUT2D eigenvalue weighted by Gasteiger charge is -2.30. The number of primary amides is 1. The number of nitrogens with one attached hydrogen (secondary N) is 8. The fourth-order valence-corrected chi connectivity index (χ4v) is 8.22. The number of phenols is 1. The first-order chi connectivity index (χ1) is 36.3. The molecule has 0 spiro atoms. The summed E-state index contributed by atoms with van der Waals surface area (Å²) in [5.41, 5.74) is 28.1. The molecule has 0 saturated carbocycles. The lowest BCUT2D eigenvalue weighted by atomic mass is 9.96. The Kier molecular flexibility index (Phi) is 32.6. The highest BCUT2D eigenvalue weighted by atomic mass is 32.2. The molecular formula is C48H82N14O13S2. The number of carboxylic acids is 1. The van der Waals surface area contributed by atoms with E-state index in [0.29, 0.717) is 36.3 Å². The second-order valence-electron chi connectivity index (χ2n) is 18.4. The third-order valence-electron chi connectivity index (χ3n) is 11.9. The Morgan fingerprint density at radius 2 is 1.01 bits per heavy atom. The van der Waals surface area contributed by atoms with Crippen molar-refractivity contribution >= 4 is 88.6 Å². The topological polar surface area (TPSA) is 470 Å². The molecule has 0 radical (unpaired) electrons. The SMILES string of the molecule is CC[C@H](C)[C@H](NC(=O)[C@H](CCCCN)NC(=O)[C@H](CCSC)NC(=O)[C@@H](NC(=O)[C@H](CCSC)NC(=O)[C@H](Cc1ccc(O)cc1)NC(=O)[C@H](C)N)[C@@H](C)O)C(=O)N[C@@H](CCCN=C(N)N)C(=O)N[C@@H](CC(N)=O)C(=O)O. The number of aromatic hydroxyl groups is 1. The molecule has 0 heterocycles. The first-order valence-corrected chi connectivity index (χ1v) is 28.0. The second kappa shape index (κ2) is 36.6. The van der Waals surface area contributed by atoms with Gasteiger partial charge in [0.2, 0.25) is 53.2 Å². The van der Waals surface area contributed by atoms with Crippen LogP contribution >= 0.6 is 23.5 Å². The van der Waals surface area contributed by atoms with Gasteiger partial charge in [0.15, 0.2) is 5.96 Å². The molecule has 0 aliphatic carbocycles. The minimum Gasteiger partial charge on any atom is -0.508 e. The van der Waals surface area contributed by atoms with Crippen LogP contribution in [-0.2, 0) is 54.4 Å². The summed E-state index contributed by atoms with van der Waals surface area (Å²) in [6.45, 7) is 6.30. The Balaban J connectivity index is 3.50. The van der Waals surface area contributed by atoms with Crippen molar-refractivity contribution in [3.8, 4) is 5.75 Å². The number of amides is 9. The number of phenolic OH excluding ortho intramolecular Hbond substituents is 1. The zero-order chi connectivity index (χ0) is 58.4. The predicted molar refractivity (Wildman–Crippen MR) is 292 cm³/mol. The number of carboxylic acid groups (broad SMARTS) is 1. The number of carbonyl (C=O) groups is 10. The molecule has 1 aromatic carbocycles. The molecule has 27 nitrogen and oxygen atoms in total. The lowest BCUT2D eigenvalue weighted by Crippen LogP contribution is -2.62. The fraction of sp³-hybridized carbons (Fsp3) is 0.646. The van der Waals surface area contributed by atoms with Gasteiger partial charge in [-0.3, -0.25) is 48.1 Å². The van der Waals surface area contributed by atoms with Crippen LogP contribution in [0.4, 0.5) is 0 Å². The van der Waals surface area contributed by atoms with E-state index in [1.54, 1.807) is 38.5 Å². The highest BCUT2D eigenvalue weighted by Gasteiger charge is 2.37. The van der Waals surface area contributed by atoms with E-state index in [0.717, 1.165) is 0 Å². The van der Waals surface area contributed by atoms with Crippen LogP contribution in [0.3, 0.4) is 0 Å². The zero-order valence-electron chi connectivity index (χ0n) is 44.6. The van der Waals surface area contributed by atoms with Crippen LogP contribution in [0.2, 0.25) is 0 Å². The number of hydrogen-bond donors (Lipinski definition) is 16. The normalized spacial score (nSPS) is 15.3. The summed E-state index contributed by atoms with van der Waals surface area (Å²) >= 11 is 2.69. The molecule has 0 aliphatic rings. The maximum Gasteiger partial charge on any atom is 0.326 e. The molecule has 1 rings (SSSR count). The molecule has 1 aromatic rings. The molecule has 0 aliphatic heterocycles. The van der Waals surface area contributed by atoms with Crippen LogP contribution in [-0.4, -0.2) is 178 Å². The van der Waals surface area contributed by atoms with Crippen LogP contribution in [0.15, 0.2) is 29.3 Å². The summed E-state index contributed by atoms with van der Waals surface area (Å²) in [6.07, 6.45) is 2.33. The minimum absolute atomic E-state index is 0.00499. The first-order valence-electron chi connectivity index (χ1n) is 25.2. The number of aliphatic hydroxyl groups is 1. The van der Waals surface area contributed by atoms with Crippen molar-refractivity contribution in [2.24, 2.45) is 39.6 Å². The smallest absolute Gasteiger partial charge is 0.326 e. The van der Waals surface area contributed by atoms with Gasteiger partial charge in [0.05, 0.1) is 18.6 Å². The van der Waals surface area contributed by atoms with Crippen molar-refractivity contribution in [2.75, 3.05) is 37.1 Å². The highest BCUT2D eigenvalue weighted by molar-refractivity contribution is 7.98. The van der Waals surface area contributed by atoms with Crippen molar-refractivity contribution in [1.29, 1.82) is 0 Å². The van der Waals surface area contributed by atoms with Gasteiger partial charge in [0, 0.05) is 13.0 Å². The van der Waals surface area contributed by atoms with Crippen LogP contribution < -0.4 is 71.2 Å². The van der Waals surface area contributed by atoms with E-state index < -0.39 is 132 Å². The molecule has 0 saturated heterocycles. The number of thioether (sulfide) groups is 2. The van der Waals surface area contributed by atoms with Crippen LogP contribution in [0.25, 0.3) is 0 Å². The van der Waals surface area contributed by atoms with Crippen LogP contribution in [0.1, 0.15) is 91.0 Å². The summed E-state index contributed by atoms with van der Waals surface area (Å²) in [7, 11) is 0. The van der Waals surface area contributed by atoms with E-state index in [-0.39, 0.29) is 63.3 Å². The van der Waals surface area contributed by atoms with Crippen molar-refractivity contribution < 1.29 is 63.3 Å². The van der Waals surface area contributed by atoms with Gasteiger partial charge >= 0.3 is 5.97 Å². The van der Waals surface area contributed by atoms with E-state index in [1.165, 1.54) is 49.5 Å². The Bertz CT molecular complexity index is 2140. The number of unbranched alkanes of at least 4 members (excludes halogenated alkanes) is 1. The van der Waals surface area contributed by atoms with Gasteiger partial charge in [-0.2, -0.15) is 23.5 Å². The van der Waals surface area contributed by atoms with Gasteiger partial charge < -0.3 is 86.5 Å². The molecule has 29 heteroatoms. The van der Waals surface area contributed by atoms with Gasteiger partial charge in [0.25, 0.3) is 0 Å². The molecule has 11 atom stereocenters. The summed E-state index contributed by atoms with van der Waals surface area (Å²) in [5, 5.41) is 50.7. The summed E-state index contributed by atoms with van der Waals surface area (Å²) < 4.78 is 0. The summed E-state index contributed by atoms with van der Waals surface area (Å²) in [4.78, 5) is 138. The highest BCUT2D eigenvalue weighted by Crippen LogP contribution is 2.15. The molecule has 21 N–H and O–H groups in total. The zero-order valence-corrected chi connectivity index (χ0v) is 46.3. The van der Waals surface area contributed by atoms with E-state index in [4.69, 9.17) is 28.7 Å². The van der Waals surface area contributed by atoms with Gasteiger partial charge in [-0.05, 0) is 113 Å². The fourth-order valence-electron chi connectivity index (χ4n) is 7.28. The lowest BCUT2D eigenvalue weighted by molar-refractivity contribution is -0.144. The molecular weight excluding hydrogens is 1040 g/mol. The Labute approximate surface area is 457 Å². The van der Waals surface area contributed by atoms with Gasteiger partial charge in [-0.1, -0.05) is 32.4 Å². The number of rotatable bonds is 38. The third kappa shape index (κ3) is 26.5. The number of aliphatic hydroxyl groups excluding tert-OH is 1. The Hall–Kier alpha value is -6.43. The second-order valence-corrected chi connectivity index (χ2v) is 20.4. The van der Waals surface area contributed by atoms with Gasteiger partial charge in [-0.15, -0.1) is 0 Å². The molecule has 0 fully saturated rings. The van der Waals surface area contributed by atoms with E-state index in [1.807, 2.05) is 0 Å². The molecule has 0 unspecified atom stereocenters. The third-order valence-corrected chi connectivity index (χ3v) is 13.2. The summed E-state index contributed by atoms with van der Waals surface area (Å²) in [5.74, 6) is -9.51. The number of carbonyl (C=O) groups excluding carboxylic acids is 9. The number of benzene rings is 1. The first kappa shape index (κ1) is 68.6. The maximum absolute atomic E-state index is 14.2. The molecule has 434 valence electrons. The minimum atomic E-state index is -1.73. The van der Waals surface area contributed by atoms with Crippen LogP contribution in [0, 0.1) is 5.92 Å². The number of guanidine groups is 1. The van der Waals surface area contributed by atoms with Crippen LogP contribution in [0.5, 0.6) is 5.75 Å². The summed E-state index contributed by atoms with van der Waals surface area (Å²) in [6, 6.07) is -6.43. The standard InChI is InChI=1S/C48H82N14O13S2/c1-7-25(2)37(45(72)57-31(12-10-20-54-48(52)53)40(67)60-35(47(74)75)24-36(51)65)61-42(69)30(11-8-9-19-49)55-41(68)32(17-21-76-5)58-46(73)38(27(4)63)62-43(70)33(18-22-77-6)56-44(71)34(59-39(66)26(3)50)23-28-13-15-29(64)16-14-28/h13-16,25-27,30-35,37-38,63-64H,7-12,17-24,49-50H2,1-6H3,(H2,51,65)(H,55,68)(H,56,71)(H,57,72)(H,58,73)(H,59,66)(H,60,67)(H,61,69)(H,62,70)(H,74,75)(H4,52,53,54)/t25-,26-,27+,30-,31-,32-,33-,34-,35-,37-,38-/m0/s1. The average molecular weight is 1130 g/mol. The maximum atomic E-state index is 14.2. The molecule has 0 bridgehead atoms. The van der Waals surface area contributed by atoms with Crippen molar-refractivity contribution in [2.45, 2.75) is 152 Å². The van der Waals surface area contributed by atoms with Gasteiger partial charge in [-0.25, -0.2) is 4.79 Å². The average Bonchev–Trinajstić information content (AvgIpc) is 3.36. The number of nitrogens with zero attached hydrogens (tertiary/aromatic N) is 1. The van der Waals surface area contributed by atoms with Crippen molar-refractivity contribution in [3.63, 3.8) is 0 Å². The largest absolute Gasteiger partial charge is 0.508 e. The van der Waals surface area contributed by atoms with E-state index in [9.17, 15) is 63.3 Å². The number of nitrogens with two attached hydrogens (primary N) is 5. The quantitative estimate of drug-likeness (QED) is 0.0172. The van der Waals surface area contributed by atoms with E-state index in [2.05, 4.69) is 47.5 Å². The molecule has 9 amide bonds. The molecule has 77 heavy (non-hydrogen) atoms. The van der Waals surface area contributed by atoms with Crippen molar-refractivity contribution in [3.05, 3.63) is 29.8 Å². The Morgan fingerprint density at radius 1 is 0.584 bits per heavy atom. The van der Waals surface area contributed by atoms with Crippen molar-refractivity contribution in [1.82, 2.24) is 42.5 Å². The number of hydrogen-bond acceptors (Lipinski definition) is 17. The monoisotopic (exact) mass is 1130 g/mol. The predicted octanol–water partition coefficient (Wildman–Crippen LogP) is -3.76. The number of aliphatic imine (C=N–C) groups is 1. The van der Waals surface area contributed by atoms with E-state index >= 15 is 0 Å². The molecule has 0 aromatic heterocycles. The number of aliphatic carboxylic acids is 1. The van der Waals surface area contributed by atoms with Gasteiger partial charge in [0.1, 0.15) is 54.1 Å². The Morgan fingerprint density at radius 3 is 1.45 bits per heavy atom.